The molecule has 0 radical (unpaired) electrons. The number of piperidine rings is 1. The maximum Gasteiger partial charge on any atom is 0.0543 e. The molecular formula is C15H23N3. The summed E-state index contributed by atoms with van der Waals surface area (Å²) < 4.78 is 0. The summed E-state index contributed by atoms with van der Waals surface area (Å²) in [5.74, 6) is 0.894. The molecule has 0 unspecified atom stereocenters. The number of pyridine rings is 1. The number of likely N-dealkylation sites (tertiary alicyclic amines) is 1. The molecule has 0 aromatic carbocycles. The average molecular weight is 245 g/mol. The summed E-state index contributed by atoms with van der Waals surface area (Å²) in [5, 5.41) is 3.66. The lowest BCUT2D eigenvalue weighted by molar-refractivity contribution is 0.173. The van der Waals surface area contributed by atoms with E-state index in [9.17, 15) is 0 Å². The molecule has 0 spiro atoms. The van der Waals surface area contributed by atoms with Gasteiger partial charge in [-0.3, -0.25) is 9.88 Å². The van der Waals surface area contributed by atoms with Crippen LogP contribution < -0.4 is 5.32 Å². The quantitative estimate of drug-likeness (QED) is 0.860. The maximum absolute atomic E-state index is 4.41. The van der Waals surface area contributed by atoms with Gasteiger partial charge in [-0.1, -0.05) is 6.07 Å². The molecule has 1 saturated carbocycles. The fourth-order valence-corrected chi connectivity index (χ4v) is 2.69. The second-order valence-corrected chi connectivity index (χ2v) is 5.72. The number of nitrogens with zero attached hydrogens (tertiary/aromatic N) is 2. The Labute approximate surface area is 110 Å². The zero-order valence-electron chi connectivity index (χ0n) is 11.0. The molecule has 98 valence electrons. The lowest BCUT2D eigenvalue weighted by Gasteiger charge is -2.31. The third kappa shape index (κ3) is 3.53. The van der Waals surface area contributed by atoms with E-state index in [1.54, 1.807) is 0 Å². The number of hydrogen-bond acceptors (Lipinski definition) is 3. The van der Waals surface area contributed by atoms with E-state index in [0.29, 0.717) is 0 Å². The minimum Gasteiger partial charge on any atom is -0.314 e. The van der Waals surface area contributed by atoms with E-state index in [2.05, 4.69) is 27.3 Å². The predicted molar refractivity (Wildman–Crippen MR) is 73.3 cm³/mol. The van der Waals surface area contributed by atoms with Crippen LogP contribution in [0.4, 0.5) is 0 Å². The van der Waals surface area contributed by atoms with Crippen molar-refractivity contribution >= 4 is 0 Å². The summed E-state index contributed by atoms with van der Waals surface area (Å²) >= 11 is 0. The molecule has 18 heavy (non-hydrogen) atoms. The highest BCUT2D eigenvalue weighted by molar-refractivity contribution is 5.03. The molecule has 0 bridgehead atoms. The van der Waals surface area contributed by atoms with E-state index in [1.807, 2.05) is 12.3 Å². The van der Waals surface area contributed by atoms with Crippen molar-refractivity contribution in [3.05, 3.63) is 30.1 Å². The molecule has 1 aromatic rings. The summed E-state index contributed by atoms with van der Waals surface area (Å²) in [4.78, 5) is 6.94. The van der Waals surface area contributed by atoms with Gasteiger partial charge in [-0.25, -0.2) is 0 Å². The number of nitrogens with one attached hydrogen (secondary N) is 1. The summed E-state index contributed by atoms with van der Waals surface area (Å²) in [6.07, 6.45) is 7.37. The van der Waals surface area contributed by atoms with Gasteiger partial charge in [0.05, 0.1) is 5.69 Å². The molecule has 1 aliphatic carbocycles. The lowest BCUT2D eigenvalue weighted by atomic mass is 9.96. The molecule has 2 heterocycles. The van der Waals surface area contributed by atoms with Crippen LogP contribution in [-0.2, 0) is 6.54 Å². The van der Waals surface area contributed by atoms with Gasteiger partial charge < -0.3 is 5.32 Å². The largest absolute Gasteiger partial charge is 0.314 e. The van der Waals surface area contributed by atoms with Crippen molar-refractivity contribution in [2.75, 3.05) is 19.6 Å². The molecule has 2 fully saturated rings. The van der Waals surface area contributed by atoms with Crippen LogP contribution in [0.1, 0.15) is 31.4 Å². The average Bonchev–Trinajstić information content (AvgIpc) is 3.23. The molecule has 3 nitrogen and oxygen atoms in total. The highest BCUT2D eigenvalue weighted by Gasteiger charge is 2.24. The van der Waals surface area contributed by atoms with Crippen LogP contribution >= 0.6 is 0 Å². The molecule has 1 N–H and O–H groups in total. The van der Waals surface area contributed by atoms with Gasteiger partial charge in [-0.2, -0.15) is 0 Å². The second-order valence-electron chi connectivity index (χ2n) is 5.72. The van der Waals surface area contributed by atoms with Crippen molar-refractivity contribution in [3.63, 3.8) is 0 Å². The Morgan fingerprint density at radius 3 is 2.67 bits per heavy atom. The van der Waals surface area contributed by atoms with Crippen LogP contribution in [0.2, 0.25) is 0 Å². The minimum absolute atomic E-state index is 0.858. The maximum atomic E-state index is 4.41. The molecule has 1 aliphatic heterocycles. The number of aromatic nitrogens is 1. The number of rotatable bonds is 5. The van der Waals surface area contributed by atoms with E-state index in [-0.39, 0.29) is 0 Å². The van der Waals surface area contributed by atoms with Crippen LogP contribution in [0.25, 0.3) is 0 Å². The van der Waals surface area contributed by atoms with Crippen LogP contribution in [0, 0.1) is 5.92 Å². The minimum atomic E-state index is 0.858. The molecule has 0 amide bonds. The molecule has 1 saturated heterocycles. The van der Waals surface area contributed by atoms with Crippen LogP contribution in [0.5, 0.6) is 0 Å². The Bertz CT molecular complexity index is 353. The SMILES string of the molecule is c1ccc(CN2CCC(CNC3CC3)CC2)nc1. The topological polar surface area (TPSA) is 28.2 Å². The third-order valence-corrected chi connectivity index (χ3v) is 4.09. The lowest BCUT2D eigenvalue weighted by Crippen LogP contribution is -2.37. The Morgan fingerprint density at radius 2 is 2.00 bits per heavy atom. The molecule has 2 aliphatic rings. The van der Waals surface area contributed by atoms with Gasteiger partial charge in [0.1, 0.15) is 0 Å². The van der Waals surface area contributed by atoms with Gasteiger partial charge in [-0.05, 0) is 63.4 Å². The molecule has 0 atom stereocenters. The molecule has 3 rings (SSSR count). The molecular weight excluding hydrogens is 222 g/mol. The van der Waals surface area contributed by atoms with Crippen LogP contribution in [0.15, 0.2) is 24.4 Å². The zero-order chi connectivity index (χ0) is 12.2. The number of hydrogen-bond donors (Lipinski definition) is 1. The van der Waals surface area contributed by atoms with Crippen molar-refractivity contribution < 1.29 is 0 Å². The Morgan fingerprint density at radius 1 is 1.17 bits per heavy atom. The van der Waals surface area contributed by atoms with Crippen molar-refractivity contribution in [2.45, 2.75) is 38.3 Å². The highest BCUT2D eigenvalue weighted by Crippen LogP contribution is 2.22. The second kappa shape index (κ2) is 5.81. The van der Waals surface area contributed by atoms with Gasteiger partial charge in [0.2, 0.25) is 0 Å². The zero-order valence-corrected chi connectivity index (χ0v) is 11.0. The van der Waals surface area contributed by atoms with Crippen LogP contribution in [0.3, 0.4) is 0 Å². The van der Waals surface area contributed by atoms with Gasteiger partial charge in [-0.15, -0.1) is 0 Å². The normalized spacial score (nSPS) is 22.2. The van der Waals surface area contributed by atoms with E-state index in [4.69, 9.17) is 0 Å². The van der Waals surface area contributed by atoms with Gasteiger partial charge in [0.15, 0.2) is 0 Å². The van der Waals surface area contributed by atoms with Crippen molar-refractivity contribution in [3.8, 4) is 0 Å². The Kier molecular flexibility index (Phi) is 3.91. The van der Waals surface area contributed by atoms with Gasteiger partial charge in [0.25, 0.3) is 0 Å². The monoisotopic (exact) mass is 245 g/mol. The van der Waals surface area contributed by atoms with Gasteiger partial charge >= 0.3 is 0 Å². The molecule has 1 aromatic heterocycles. The standard InChI is InChI=1S/C15H23N3/c1-2-8-16-15(3-1)12-18-9-6-13(7-10-18)11-17-14-4-5-14/h1-3,8,13-14,17H,4-7,9-12H2. The first-order valence-electron chi connectivity index (χ1n) is 7.26. The first kappa shape index (κ1) is 12.1. The van der Waals surface area contributed by atoms with Crippen LogP contribution in [-0.4, -0.2) is 35.6 Å². The Hall–Kier alpha value is -0.930. The first-order chi connectivity index (χ1) is 8.90. The first-order valence-corrected chi connectivity index (χ1v) is 7.26. The van der Waals surface area contributed by atoms with E-state index >= 15 is 0 Å². The summed E-state index contributed by atoms with van der Waals surface area (Å²) in [6, 6.07) is 7.05. The predicted octanol–water partition coefficient (Wildman–Crippen LogP) is 2.05. The summed E-state index contributed by atoms with van der Waals surface area (Å²) in [6.45, 7) is 4.72. The van der Waals surface area contributed by atoms with E-state index in [0.717, 1.165) is 18.5 Å². The van der Waals surface area contributed by atoms with Crippen molar-refractivity contribution in [1.29, 1.82) is 0 Å². The van der Waals surface area contributed by atoms with Gasteiger partial charge in [0, 0.05) is 18.8 Å². The van der Waals surface area contributed by atoms with Crippen molar-refractivity contribution in [2.24, 2.45) is 5.92 Å². The Balaban J connectivity index is 1.39. The fraction of sp³-hybridized carbons (Fsp3) is 0.667. The summed E-state index contributed by atoms with van der Waals surface area (Å²) in [5.41, 5.74) is 1.20. The van der Waals surface area contributed by atoms with Crippen molar-refractivity contribution in [1.82, 2.24) is 15.2 Å². The summed E-state index contributed by atoms with van der Waals surface area (Å²) in [7, 11) is 0. The fourth-order valence-electron chi connectivity index (χ4n) is 2.69. The smallest absolute Gasteiger partial charge is 0.0543 e. The third-order valence-electron chi connectivity index (χ3n) is 4.09. The highest BCUT2D eigenvalue weighted by atomic mass is 15.1. The van der Waals surface area contributed by atoms with E-state index in [1.165, 1.54) is 51.0 Å². The molecule has 3 heteroatoms. The van der Waals surface area contributed by atoms with E-state index < -0.39 is 0 Å².